The number of alkyl halides is 1. The summed E-state index contributed by atoms with van der Waals surface area (Å²) in [5.41, 5.74) is 1.12. The zero-order chi connectivity index (χ0) is 18.9. The predicted molar refractivity (Wildman–Crippen MR) is 97.9 cm³/mol. The lowest BCUT2D eigenvalue weighted by Gasteiger charge is -2.28. The Morgan fingerprint density at radius 1 is 1.08 bits per heavy atom. The number of quaternary nitrogens is 1. The molecule has 0 heterocycles. The Balaban J connectivity index is -0.000000132. The Bertz CT molecular complexity index is 413. The summed E-state index contributed by atoms with van der Waals surface area (Å²) in [5.74, 6) is 0. The predicted octanol–water partition coefficient (Wildman–Crippen LogP) is -1.86. The van der Waals surface area contributed by atoms with E-state index in [4.69, 9.17) is 20.7 Å². The lowest BCUT2D eigenvalue weighted by atomic mass is 10.3. The molecule has 0 spiro atoms. The van der Waals surface area contributed by atoms with E-state index in [9.17, 15) is 0 Å². The molecule has 140 valence electrons. The van der Waals surface area contributed by atoms with Gasteiger partial charge in [-0.3, -0.25) is 0 Å². The Labute approximate surface area is 165 Å². The molecule has 0 aromatic carbocycles. The summed E-state index contributed by atoms with van der Waals surface area (Å²) >= 11 is 3.05. The summed E-state index contributed by atoms with van der Waals surface area (Å²) in [6, 6.07) is 3.86. The van der Waals surface area contributed by atoms with Gasteiger partial charge in [-0.25, -0.2) is 0 Å². The van der Waals surface area contributed by atoms with Crippen molar-refractivity contribution in [2.45, 2.75) is 0 Å². The van der Waals surface area contributed by atoms with E-state index in [2.05, 4.69) is 29.1 Å². The number of nitrogens with zero attached hydrogens (tertiary/aromatic N) is 4. The van der Waals surface area contributed by atoms with Crippen molar-refractivity contribution < 1.29 is 31.7 Å². The van der Waals surface area contributed by atoms with Gasteiger partial charge in [0.15, 0.2) is 0 Å². The summed E-state index contributed by atoms with van der Waals surface area (Å²) in [6.07, 6.45) is 0. The minimum Gasteiger partial charge on any atom is -1.00 e. The molecule has 0 aromatic rings. The van der Waals surface area contributed by atoms with Gasteiger partial charge >= 0.3 is 0 Å². The van der Waals surface area contributed by atoms with E-state index in [0.29, 0.717) is 34.0 Å². The van der Waals surface area contributed by atoms with Crippen LogP contribution in [0.2, 0.25) is 0 Å². The van der Waals surface area contributed by atoms with Gasteiger partial charge in [-0.1, -0.05) is 29.1 Å². The molecule has 0 rings (SSSR count). The van der Waals surface area contributed by atoms with Crippen molar-refractivity contribution in [1.82, 2.24) is 4.90 Å². The molecule has 0 saturated carbocycles. The first kappa shape index (κ1) is 31.1. The minimum absolute atomic E-state index is 0. The minimum atomic E-state index is 0. The molecule has 0 aromatic heterocycles. The van der Waals surface area contributed by atoms with Gasteiger partial charge in [-0.15, -0.1) is 0 Å². The van der Waals surface area contributed by atoms with Crippen LogP contribution in [0.3, 0.4) is 0 Å². The fraction of sp³-hybridized carbons (Fsp3) is 0.625. The number of hydrogen-bond acceptors (Lipinski definition) is 5. The van der Waals surface area contributed by atoms with Crippen molar-refractivity contribution in [3.05, 3.63) is 24.3 Å². The van der Waals surface area contributed by atoms with Gasteiger partial charge in [0.2, 0.25) is 0 Å². The van der Waals surface area contributed by atoms with Crippen molar-refractivity contribution in [3.63, 3.8) is 0 Å². The van der Waals surface area contributed by atoms with Gasteiger partial charge in [0, 0.05) is 17.4 Å². The van der Waals surface area contributed by atoms with Gasteiger partial charge in [-0.05, 0) is 14.1 Å². The second-order valence-corrected chi connectivity index (χ2v) is 6.19. The normalized spacial score (nSPS) is 9.08. The van der Waals surface area contributed by atoms with Crippen molar-refractivity contribution in [3.8, 4) is 12.1 Å². The maximum absolute atomic E-state index is 8.66. The molecule has 0 aliphatic rings. The molecule has 24 heavy (non-hydrogen) atoms. The highest BCUT2D eigenvalue weighted by Crippen LogP contribution is 2.00. The summed E-state index contributed by atoms with van der Waals surface area (Å²) < 4.78 is 0.614. The van der Waals surface area contributed by atoms with Crippen LogP contribution in [-0.4, -0.2) is 86.0 Å². The highest BCUT2D eigenvalue weighted by Gasteiger charge is 2.14. The van der Waals surface area contributed by atoms with Crippen molar-refractivity contribution in [1.29, 1.82) is 10.5 Å². The van der Waals surface area contributed by atoms with E-state index < -0.39 is 0 Å². The molecule has 8 heteroatoms. The largest absolute Gasteiger partial charge is 1.00 e. The average molecular weight is 470 g/mol. The number of hydrogen-bond donors (Lipinski definition) is 2. The molecule has 0 saturated heterocycles. The Hall–Kier alpha value is -0.740. The summed E-state index contributed by atoms with van der Waals surface area (Å²) in [4.78, 5) is 1.93. The number of aliphatic hydroxyl groups excluding tert-OH is 2. The molecule has 0 unspecified atom stereocenters. The van der Waals surface area contributed by atoms with E-state index in [1.807, 2.05) is 45.2 Å². The van der Waals surface area contributed by atoms with Crippen LogP contribution in [0, 0.1) is 22.7 Å². The maximum Gasteiger partial charge on any atom is 0.113 e. The van der Waals surface area contributed by atoms with Crippen molar-refractivity contribution in [2.75, 3.05) is 66.4 Å². The molecule has 0 atom stereocenters. The van der Waals surface area contributed by atoms with Crippen LogP contribution in [0.25, 0.3) is 0 Å². The lowest BCUT2D eigenvalue weighted by Crippen LogP contribution is -3.00. The second kappa shape index (κ2) is 20.3. The Morgan fingerprint density at radius 3 is 1.71 bits per heavy atom. The molecule has 6 nitrogen and oxygen atoms in total. The highest BCUT2D eigenvalue weighted by atomic mass is 79.9. The molecule has 0 aliphatic carbocycles. The van der Waals surface area contributed by atoms with Gasteiger partial charge in [0.1, 0.15) is 13.1 Å². The van der Waals surface area contributed by atoms with Crippen LogP contribution >= 0.6 is 15.9 Å². The first-order valence-electron chi connectivity index (χ1n) is 7.00. The number of nitriles is 2. The van der Waals surface area contributed by atoms with Crippen LogP contribution in [-0.2, 0) is 0 Å². The van der Waals surface area contributed by atoms with Gasteiger partial charge in [0.25, 0.3) is 0 Å². The van der Waals surface area contributed by atoms with Gasteiger partial charge < -0.3 is 36.6 Å². The molecule has 0 bridgehead atoms. The monoisotopic (exact) mass is 468 g/mol. The third-order valence-corrected chi connectivity index (χ3v) is 3.03. The van der Waals surface area contributed by atoms with Crippen LogP contribution in [0.4, 0.5) is 0 Å². The zero-order valence-corrected chi connectivity index (χ0v) is 18.3. The fourth-order valence-electron chi connectivity index (χ4n) is 1.13. The molecule has 2 N–H and O–H groups in total. The molecule has 0 amide bonds. The van der Waals surface area contributed by atoms with Crippen LogP contribution in [0.15, 0.2) is 24.3 Å². The maximum atomic E-state index is 8.66. The average Bonchev–Trinajstić information content (AvgIpc) is 2.46. The number of allylic oxidation sites excluding steroid dienone is 1. The zero-order valence-electron chi connectivity index (χ0n) is 15.1. The highest BCUT2D eigenvalue weighted by molar-refractivity contribution is 9.09. The summed E-state index contributed by atoms with van der Waals surface area (Å²) in [5, 5.41) is 33.8. The molecule has 0 radical (unpaired) electrons. The van der Waals surface area contributed by atoms with Gasteiger partial charge in [0.05, 0.1) is 45.0 Å². The molecular weight excluding hydrogens is 440 g/mol. The molecular formula is C16H30Br2N4O2. The van der Waals surface area contributed by atoms with Crippen LogP contribution in [0.5, 0.6) is 0 Å². The lowest BCUT2D eigenvalue weighted by molar-refractivity contribution is -0.885. The second-order valence-electron chi connectivity index (χ2n) is 5.63. The standard InChI is InChI=1S/C8H15N2O.C4H4BrN.C4H11NO.BrH/c1-8(6-9)7-10(2,3)4-5-11;1-4(2-5)3-6;1-5(2)3-4-6;/h11H,1,4-5,7H2,2-3H3;1-2H2;6H,3-4H2,1-2H3;1H/q+1;;;/p-1. The quantitative estimate of drug-likeness (QED) is 0.259. The van der Waals surface area contributed by atoms with Crippen molar-refractivity contribution in [2.24, 2.45) is 0 Å². The van der Waals surface area contributed by atoms with Gasteiger partial charge in [-0.2, -0.15) is 10.5 Å². The smallest absolute Gasteiger partial charge is 0.113 e. The first-order valence-corrected chi connectivity index (χ1v) is 8.12. The Morgan fingerprint density at radius 2 is 1.54 bits per heavy atom. The number of halogens is 2. The van der Waals surface area contributed by atoms with E-state index in [0.717, 1.165) is 6.54 Å². The number of aliphatic hydroxyl groups is 2. The van der Waals surface area contributed by atoms with Crippen molar-refractivity contribution >= 4 is 15.9 Å². The van der Waals surface area contributed by atoms with E-state index in [1.165, 1.54) is 0 Å². The number of rotatable bonds is 7. The first-order chi connectivity index (χ1) is 10.6. The Kier molecular flexibility index (Phi) is 26.3. The SMILES string of the molecule is C=C(C#N)CBr.C=C(C#N)C[N+](C)(C)CCO.CN(C)CCO.[Br-]. The van der Waals surface area contributed by atoms with E-state index >= 15 is 0 Å². The summed E-state index contributed by atoms with van der Waals surface area (Å²) in [7, 11) is 7.77. The van der Waals surface area contributed by atoms with E-state index in [1.54, 1.807) is 0 Å². The van der Waals surface area contributed by atoms with Crippen LogP contribution in [0.1, 0.15) is 0 Å². The third kappa shape index (κ3) is 29.3. The molecule has 0 fully saturated rings. The molecule has 0 aliphatic heterocycles. The number of likely N-dealkylation sites (N-methyl/N-ethyl adjacent to an activating group) is 2. The van der Waals surface area contributed by atoms with E-state index in [-0.39, 0.29) is 30.2 Å². The summed E-state index contributed by atoms with van der Waals surface area (Å²) in [6.45, 7) is 9.39. The third-order valence-electron chi connectivity index (χ3n) is 2.35. The fourth-order valence-corrected chi connectivity index (χ4v) is 1.26. The topological polar surface area (TPSA) is 91.3 Å². The van der Waals surface area contributed by atoms with Crippen LogP contribution < -0.4 is 17.0 Å².